The Morgan fingerprint density at radius 2 is 1.76 bits per heavy atom. The summed E-state index contributed by atoms with van der Waals surface area (Å²) in [6.45, 7) is 0.453. The maximum Gasteiger partial charge on any atom is 0.211 e. The number of guanidine groups is 1. The molecule has 0 aromatic heterocycles. The predicted octanol–water partition coefficient (Wildman–Crippen LogP) is 3.79. The second-order valence-electron chi connectivity index (χ2n) is 5.38. The lowest BCUT2D eigenvalue weighted by molar-refractivity contribution is 0.306. The van der Waals surface area contributed by atoms with Crippen molar-refractivity contribution >= 4 is 38.9 Å². The summed E-state index contributed by atoms with van der Waals surface area (Å²) in [4.78, 5) is 0. The minimum atomic E-state index is -0.0891. The monoisotopic (exact) mass is 396 g/mol. The van der Waals surface area contributed by atoms with Gasteiger partial charge in [0.1, 0.15) is 12.4 Å². The summed E-state index contributed by atoms with van der Waals surface area (Å²) in [5.74, 6) is 0.630. The van der Waals surface area contributed by atoms with Crippen molar-refractivity contribution in [3.05, 3.63) is 76.3 Å². The van der Waals surface area contributed by atoms with Gasteiger partial charge in [-0.3, -0.25) is 0 Å². The Morgan fingerprint density at radius 1 is 1.00 bits per heavy atom. The first kappa shape index (κ1) is 17.0. The summed E-state index contributed by atoms with van der Waals surface area (Å²) >= 11 is 3.43. The van der Waals surface area contributed by atoms with Crippen LogP contribution in [0.1, 0.15) is 11.1 Å². The molecule has 5 nitrogen and oxygen atoms in total. The molecule has 0 saturated heterocycles. The zero-order valence-corrected chi connectivity index (χ0v) is 15.0. The first-order valence-electron chi connectivity index (χ1n) is 7.64. The summed E-state index contributed by atoms with van der Waals surface area (Å²) in [6, 6.07) is 19.9. The standard InChI is InChI=1S/C19H17BrN4O/c20-15-8-5-13(6-9-15)12-25-18-10-7-14-3-1-2-4-16(14)17(18)11-23-24-19(21)22/h1-11H,12H2,(H4,21,22,24). The summed E-state index contributed by atoms with van der Waals surface area (Å²) in [5, 5.41) is 9.73. The molecule has 0 atom stereocenters. The molecule has 3 aromatic carbocycles. The van der Waals surface area contributed by atoms with Crippen molar-refractivity contribution in [1.82, 2.24) is 0 Å². The Hall–Kier alpha value is -2.86. The van der Waals surface area contributed by atoms with E-state index in [9.17, 15) is 0 Å². The zero-order chi connectivity index (χ0) is 17.6. The third kappa shape index (κ3) is 4.36. The van der Waals surface area contributed by atoms with Crippen LogP contribution in [0.25, 0.3) is 10.8 Å². The van der Waals surface area contributed by atoms with Crippen molar-refractivity contribution in [2.45, 2.75) is 6.61 Å². The van der Waals surface area contributed by atoms with Gasteiger partial charge in [-0.05, 0) is 34.5 Å². The number of hydrogen-bond donors (Lipinski definition) is 2. The van der Waals surface area contributed by atoms with Crippen LogP contribution in [0.3, 0.4) is 0 Å². The van der Waals surface area contributed by atoms with Crippen molar-refractivity contribution in [3.8, 4) is 5.75 Å². The van der Waals surface area contributed by atoms with Crippen LogP contribution >= 0.6 is 15.9 Å². The quantitative estimate of drug-likeness (QED) is 0.390. The lowest BCUT2D eigenvalue weighted by atomic mass is 10.0. The van der Waals surface area contributed by atoms with E-state index < -0.39 is 0 Å². The van der Waals surface area contributed by atoms with Crippen LogP contribution < -0.4 is 16.2 Å². The molecule has 0 spiro atoms. The van der Waals surface area contributed by atoms with Crippen LogP contribution in [-0.4, -0.2) is 12.2 Å². The average Bonchev–Trinajstić information content (AvgIpc) is 2.62. The Labute approximate surface area is 154 Å². The van der Waals surface area contributed by atoms with E-state index in [-0.39, 0.29) is 5.96 Å². The van der Waals surface area contributed by atoms with Crippen molar-refractivity contribution in [2.75, 3.05) is 0 Å². The van der Waals surface area contributed by atoms with E-state index in [0.29, 0.717) is 6.61 Å². The van der Waals surface area contributed by atoms with Crippen LogP contribution in [0.5, 0.6) is 5.75 Å². The SMILES string of the molecule is NC(N)=NN=Cc1c(OCc2ccc(Br)cc2)ccc2ccccc12. The normalized spacial score (nSPS) is 10.9. The van der Waals surface area contributed by atoms with Crippen LogP contribution in [0.4, 0.5) is 0 Å². The van der Waals surface area contributed by atoms with Crippen molar-refractivity contribution in [2.24, 2.45) is 21.7 Å². The van der Waals surface area contributed by atoms with E-state index in [1.54, 1.807) is 6.21 Å². The highest BCUT2D eigenvalue weighted by Crippen LogP contribution is 2.27. The molecule has 0 saturated carbocycles. The minimum Gasteiger partial charge on any atom is -0.488 e. The summed E-state index contributed by atoms with van der Waals surface area (Å²) < 4.78 is 7.05. The third-order valence-electron chi connectivity index (χ3n) is 3.60. The zero-order valence-electron chi connectivity index (χ0n) is 13.4. The van der Waals surface area contributed by atoms with E-state index in [4.69, 9.17) is 16.2 Å². The number of ether oxygens (including phenoxy) is 1. The van der Waals surface area contributed by atoms with Gasteiger partial charge in [0.25, 0.3) is 0 Å². The molecular formula is C19H17BrN4O. The molecule has 0 aliphatic carbocycles. The highest BCUT2D eigenvalue weighted by Gasteiger charge is 2.07. The third-order valence-corrected chi connectivity index (χ3v) is 4.13. The topological polar surface area (TPSA) is 86.0 Å². The molecule has 0 radical (unpaired) electrons. The summed E-state index contributed by atoms with van der Waals surface area (Å²) in [5.41, 5.74) is 12.6. The van der Waals surface area contributed by atoms with Gasteiger partial charge in [-0.2, -0.15) is 5.10 Å². The molecule has 0 aliphatic rings. The van der Waals surface area contributed by atoms with Crippen molar-refractivity contribution in [1.29, 1.82) is 0 Å². The fraction of sp³-hybridized carbons (Fsp3) is 0.0526. The molecule has 4 N–H and O–H groups in total. The summed E-state index contributed by atoms with van der Waals surface area (Å²) in [7, 11) is 0. The highest BCUT2D eigenvalue weighted by atomic mass is 79.9. The van der Waals surface area contributed by atoms with E-state index in [0.717, 1.165) is 32.1 Å². The van der Waals surface area contributed by atoms with Gasteiger partial charge in [-0.25, -0.2) is 0 Å². The fourth-order valence-electron chi connectivity index (χ4n) is 2.43. The van der Waals surface area contributed by atoms with Gasteiger partial charge >= 0.3 is 0 Å². The van der Waals surface area contributed by atoms with Crippen LogP contribution in [0.15, 0.2) is 75.3 Å². The molecule has 25 heavy (non-hydrogen) atoms. The molecule has 0 fully saturated rings. The predicted molar refractivity (Wildman–Crippen MR) is 106 cm³/mol. The molecule has 6 heteroatoms. The van der Waals surface area contributed by atoms with E-state index >= 15 is 0 Å². The van der Waals surface area contributed by atoms with Gasteiger partial charge in [0.05, 0.1) is 6.21 Å². The van der Waals surface area contributed by atoms with Gasteiger partial charge in [-0.1, -0.05) is 58.4 Å². The molecule has 3 rings (SSSR count). The van der Waals surface area contributed by atoms with E-state index in [2.05, 4.69) is 26.1 Å². The average molecular weight is 397 g/mol. The summed E-state index contributed by atoms with van der Waals surface area (Å²) in [6.07, 6.45) is 1.61. The maximum atomic E-state index is 6.01. The molecule has 3 aromatic rings. The number of hydrogen-bond acceptors (Lipinski definition) is 3. The number of fused-ring (bicyclic) bond motifs is 1. The molecule has 0 heterocycles. The van der Waals surface area contributed by atoms with Gasteiger partial charge in [0, 0.05) is 10.0 Å². The number of benzene rings is 3. The van der Waals surface area contributed by atoms with Crippen LogP contribution in [0.2, 0.25) is 0 Å². The van der Waals surface area contributed by atoms with Gasteiger partial charge < -0.3 is 16.2 Å². The highest BCUT2D eigenvalue weighted by molar-refractivity contribution is 9.10. The van der Waals surface area contributed by atoms with Gasteiger partial charge in [0.2, 0.25) is 5.96 Å². The molecule has 0 amide bonds. The Balaban J connectivity index is 1.94. The van der Waals surface area contributed by atoms with Crippen molar-refractivity contribution in [3.63, 3.8) is 0 Å². The number of nitrogens with two attached hydrogens (primary N) is 2. The van der Waals surface area contributed by atoms with Gasteiger partial charge in [-0.15, -0.1) is 5.10 Å². The largest absolute Gasteiger partial charge is 0.488 e. The van der Waals surface area contributed by atoms with Crippen LogP contribution in [-0.2, 0) is 6.61 Å². The second-order valence-corrected chi connectivity index (χ2v) is 6.30. The maximum absolute atomic E-state index is 6.01. The number of rotatable bonds is 5. The Morgan fingerprint density at radius 3 is 2.52 bits per heavy atom. The Kier molecular flexibility index (Phi) is 5.30. The van der Waals surface area contributed by atoms with E-state index in [1.807, 2.05) is 60.7 Å². The first-order chi connectivity index (χ1) is 12.1. The lowest BCUT2D eigenvalue weighted by Crippen LogP contribution is -2.21. The number of nitrogens with zero attached hydrogens (tertiary/aromatic N) is 2. The number of halogens is 1. The van der Waals surface area contributed by atoms with Crippen LogP contribution in [0, 0.1) is 0 Å². The molecule has 126 valence electrons. The fourth-order valence-corrected chi connectivity index (χ4v) is 2.69. The molecule has 0 bridgehead atoms. The van der Waals surface area contributed by atoms with Gasteiger partial charge in [0.15, 0.2) is 0 Å². The van der Waals surface area contributed by atoms with E-state index in [1.165, 1.54) is 0 Å². The minimum absolute atomic E-state index is 0.0891. The van der Waals surface area contributed by atoms with Crippen molar-refractivity contribution < 1.29 is 4.74 Å². The Bertz CT molecular complexity index is 932. The molecule has 0 unspecified atom stereocenters. The molecule has 0 aliphatic heterocycles. The smallest absolute Gasteiger partial charge is 0.211 e. The lowest BCUT2D eigenvalue weighted by Gasteiger charge is -2.11. The second kappa shape index (κ2) is 7.81. The first-order valence-corrected chi connectivity index (χ1v) is 8.44. The molecular weight excluding hydrogens is 380 g/mol.